The second-order valence-corrected chi connectivity index (χ2v) is 3.55. The van der Waals surface area contributed by atoms with Gasteiger partial charge in [-0.2, -0.15) is 0 Å². The molecular formula is C10H21CaNO3. The topological polar surface area (TPSA) is 60.2 Å². The van der Waals surface area contributed by atoms with Crippen molar-refractivity contribution in [1.82, 2.24) is 0 Å². The van der Waals surface area contributed by atoms with E-state index in [1.807, 2.05) is 0 Å². The maximum absolute atomic E-state index is 10.9. The van der Waals surface area contributed by atoms with Gasteiger partial charge in [0.05, 0.1) is 0 Å². The molecule has 0 saturated heterocycles. The summed E-state index contributed by atoms with van der Waals surface area (Å²) in [7, 11) is 0. The first-order valence-electron chi connectivity index (χ1n) is 5.30. The zero-order valence-corrected chi connectivity index (χ0v) is 8.83. The van der Waals surface area contributed by atoms with Crippen molar-refractivity contribution in [3.8, 4) is 0 Å². The fourth-order valence-corrected chi connectivity index (χ4v) is 1.33. The molecule has 5 heteroatoms. The Hall–Kier alpha value is 0.330. The van der Waals surface area contributed by atoms with E-state index in [0.29, 0.717) is 6.42 Å². The summed E-state index contributed by atoms with van der Waals surface area (Å²) in [4.78, 5) is 20.3. The van der Waals surface area contributed by atoms with E-state index in [1.54, 1.807) is 0 Å². The third-order valence-corrected chi connectivity index (χ3v) is 2.11. The Morgan fingerprint density at radius 1 is 1.13 bits per heavy atom. The van der Waals surface area contributed by atoms with Gasteiger partial charge in [-0.05, 0) is 6.42 Å². The molecule has 0 saturated carbocycles. The Morgan fingerprint density at radius 3 is 2.20 bits per heavy atom. The Kier molecular flexibility index (Phi) is 14.6. The second-order valence-electron chi connectivity index (χ2n) is 3.55. The van der Waals surface area contributed by atoms with E-state index in [1.165, 1.54) is 19.3 Å². The van der Waals surface area contributed by atoms with Gasteiger partial charge in [0.2, 0.25) is 5.78 Å². The fraction of sp³-hybridized carbons (Fsp3) is 0.900. The summed E-state index contributed by atoms with van der Waals surface area (Å²) in [6.45, 7) is 1.65. The van der Waals surface area contributed by atoms with Gasteiger partial charge in [0.15, 0.2) is 0 Å². The van der Waals surface area contributed by atoms with Crippen LogP contribution in [-0.2, 0) is 4.79 Å². The molecule has 0 N–H and O–H groups in total. The van der Waals surface area contributed by atoms with Crippen LogP contribution in [0.25, 0.3) is 0 Å². The van der Waals surface area contributed by atoms with Gasteiger partial charge in [0.1, 0.15) is 0 Å². The molecule has 0 spiro atoms. The van der Waals surface area contributed by atoms with Crippen LogP contribution in [0.15, 0.2) is 0 Å². The molecule has 86 valence electrons. The SMILES string of the molecule is CCCCCCCCC(=O)C[N+](=O)[O-].[CaH2]. The fourth-order valence-electron chi connectivity index (χ4n) is 1.33. The zero-order valence-electron chi connectivity index (χ0n) is 8.83. The number of ketones is 1. The normalized spacial score (nSPS) is 9.40. The molecule has 0 amide bonds. The molecular weight excluding hydrogens is 222 g/mol. The number of hydrogen-bond donors (Lipinski definition) is 0. The van der Waals surface area contributed by atoms with Crippen molar-refractivity contribution in [2.24, 2.45) is 0 Å². The number of carbonyl (C=O) groups is 1. The summed E-state index contributed by atoms with van der Waals surface area (Å²) in [5, 5.41) is 9.97. The van der Waals surface area contributed by atoms with E-state index in [-0.39, 0.29) is 43.5 Å². The summed E-state index contributed by atoms with van der Waals surface area (Å²) in [5.41, 5.74) is 0. The molecule has 0 aliphatic heterocycles. The van der Waals surface area contributed by atoms with Crippen molar-refractivity contribution < 1.29 is 9.72 Å². The quantitative estimate of drug-likeness (QED) is 0.268. The molecule has 0 aromatic heterocycles. The molecule has 4 nitrogen and oxygen atoms in total. The molecule has 0 aromatic carbocycles. The van der Waals surface area contributed by atoms with Crippen LogP contribution in [0.5, 0.6) is 0 Å². The first-order valence-corrected chi connectivity index (χ1v) is 5.30. The number of nitrogens with zero attached hydrogens (tertiary/aromatic N) is 1. The number of nitro groups is 1. The van der Waals surface area contributed by atoms with Crippen molar-refractivity contribution in [2.45, 2.75) is 51.9 Å². The van der Waals surface area contributed by atoms with Crippen molar-refractivity contribution in [1.29, 1.82) is 0 Å². The van der Waals surface area contributed by atoms with Crippen LogP contribution in [0.1, 0.15) is 51.9 Å². The number of carbonyl (C=O) groups excluding carboxylic acids is 1. The number of rotatable bonds is 9. The second kappa shape index (κ2) is 12.4. The van der Waals surface area contributed by atoms with Gasteiger partial charge < -0.3 is 0 Å². The summed E-state index contributed by atoms with van der Waals surface area (Å²) in [6.07, 6.45) is 6.98. The predicted molar refractivity (Wildman–Crippen MR) is 63.4 cm³/mol. The van der Waals surface area contributed by atoms with Gasteiger partial charge in [-0.25, -0.2) is 0 Å². The maximum atomic E-state index is 10.9. The molecule has 0 aromatic rings. The molecule has 0 fully saturated rings. The van der Waals surface area contributed by atoms with Crippen LogP contribution < -0.4 is 0 Å². The van der Waals surface area contributed by atoms with Gasteiger partial charge in [-0.3, -0.25) is 14.9 Å². The standard InChI is InChI=1S/C10H19NO3.Ca.2H/c1-2-3-4-5-6-7-8-10(12)9-11(13)14;;;/h2-9H2,1H3;;;. The molecule has 0 aliphatic rings. The van der Waals surface area contributed by atoms with Crippen LogP contribution in [-0.4, -0.2) is 55.0 Å². The molecule has 0 atom stereocenters. The third kappa shape index (κ3) is 14.3. The van der Waals surface area contributed by atoms with Gasteiger partial charge in [-0.1, -0.05) is 39.0 Å². The Labute approximate surface area is 121 Å². The Bertz CT molecular complexity index is 186. The van der Waals surface area contributed by atoms with Crippen molar-refractivity contribution in [3.05, 3.63) is 10.1 Å². The molecule has 15 heavy (non-hydrogen) atoms. The van der Waals surface area contributed by atoms with Gasteiger partial charge in [0.25, 0.3) is 6.54 Å². The summed E-state index contributed by atoms with van der Waals surface area (Å²) in [5.74, 6) is -0.245. The molecule has 0 unspecified atom stereocenters. The number of hydrogen-bond acceptors (Lipinski definition) is 3. The number of unbranched alkanes of at least 4 members (excludes halogenated alkanes) is 5. The first-order chi connectivity index (χ1) is 6.66. The minimum atomic E-state index is -0.556. The van der Waals surface area contributed by atoms with Crippen molar-refractivity contribution in [2.75, 3.05) is 6.54 Å². The summed E-state index contributed by atoms with van der Waals surface area (Å²) >= 11 is 0. The summed E-state index contributed by atoms with van der Waals surface area (Å²) in [6, 6.07) is 0. The Morgan fingerprint density at radius 2 is 1.67 bits per heavy atom. The van der Waals surface area contributed by atoms with E-state index in [4.69, 9.17) is 0 Å². The van der Waals surface area contributed by atoms with E-state index < -0.39 is 11.5 Å². The van der Waals surface area contributed by atoms with Gasteiger partial charge in [-0.15, -0.1) is 0 Å². The molecule has 0 aliphatic carbocycles. The molecule has 0 heterocycles. The van der Waals surface area contributed by atoms with Crippen LogP contribution in [0.4, 0.5) is 0 Å². The van der Waals surface area contributed by atoms with E-state index in [2.05, 4.69) is 6.92 Å². The van der Waals surface area contributed by atoms with E-state index in [9.17, 15) is 14.9 Å². The average molecular weight is 243 g/mol. The predicted octanol–water partition coefficient (Wildman–Crippen LogP) is 1.67. The average Bonchev–Trinajstić information content (AvgIpc) is 2.10. The molecule has 0 bridgehead atoms. The van der Waals surface area contributed by atoms with E-state index in [0.717, 1.165) is 19.3 Å². The number of Topliss-reactive ketones (excluding diaryl/α,β-unsaturated/α-hetero) is 1. The first kappa shape index (κ1) is 17.7. The van der Waals surface area contributed by atoms with Crippen molar-refractivity contribution in [3.63, 3.8) is 0 Å². The van der Waals surface area contributed by atoms with Gasteiger partial charge in [0, 0.05) is 11.3 Å². The van der Waals surface area contributed by atoms with E-state index >= 15 is 0 Å². The van der Waals surface area contributed by atoms with Crippen LogP contribution >= 0.6 is 0 Å². The minimum absolute atomic E-state index is 0. The Balaban J connectivity index is 0. The molecule has 0 radical (unpaired) electrons. The van der Waals surface area contributed by atoms with Crippen LogP contribution in [0.3, 0.4) is 0 Å². The monoisotopic (exact) mass is 243 g/mol. The van der Waals surface area contributed by atoms with Gasteiger partial charge >= 0.3 is 37.7 Å². The van der Waals surface area contributed by atoms with Crippen LogP contribution in [0.2, 0.25) is 0 Å². The zero-order chi connectivity index (χ0) is 10.8. The van der Waals surface area contributed by atoms with Crippen molar-refractivity contribution >= 4 is 43.5 Å². The van der Waals surface area contributed by atoms with Crippen LogP contribution in [0, 0.1) is 10.1 Å². The third-order valence-electron chi connectivity index (χ3n) is 2.11. The summed E-state index contributed by atoms with van der Waals surface area (Å²) < 4.78 is 0. The molecule has 0 rings (SSSR count).